The molecule has 1 unspecified atom stereocenters. The molecular weight excluding hydrogens is 545 g/mol. The first kappa shape index (κ1) is 26.7. The summed E-state index contributed by atoms with van der Waals surface area (Å²) in [4.78, 5) is 13.9. The van der Waals surface area contributed by atoms with Crippen LogP contribution in [0, 0.1) is 0 Å². The Balaban J connectivity index is 1.20. The number of aromatic nitrogens is 7. The van der Waals surface area contributed by atoms with Gasteiger partial charge in [0.2, 0.25) is 0 Å². The van der Waals surface area contributed by atoms with E-state index >= 15 is 0 Å². The third kappa shape index (κ3) is 4.54. The van der Waals surface area contributed by atoms with Crippen molar-refractivity contribution < 1.29 is 17.9 Å². The van der Waals surface area contributed by atoms with Crippen LogP contribution in [-0.4, -0.2) is 66.2 Å². The molecule has 1 aliphatic heterocycles. The summed E-state index contributed by atoms with van der Waals surface area (Å²) in [6, 6.07) is 7.94. The van der Waals surface area contributed by atoms with Crippen LogP contribution in [0.5, 0.6) is 5.75 Å². The summed E-state index contributed by atoms with van der Waals surface area (Å²) < 4.78 is 49.5. The van der Waals surface area contributed by atoms with Crippen LogP contribution in [0.25, 0.3) is 33.7 Å². The zero-order valence-electron chi connectivity index (χ0n) is 23.6. The van der Waals surface area contributed by atoms with Gasteiger partial charge in [0.1, 0.15) is 17.4 Å². The van der Waals surface area contributed by atoms with Gasteiger partial charge in [-0.3, -0.25) is 14.7 Å². The first-order valence-electron chi connectivity index (χ1n) is 14.2. The molecule has 0 spiro atoms. The minimum absolute atomic E-state index is 0.0342. The standard InChI is InChI=1S/C30H31F3N8O/c1-4-41-12-11-22-26(27(41)30(31,32)33)37-29(35-22)19-9-7-18(13-23(19)42-3)28-36-24(40(2)39-28)14-17-8-10-21-20(15-34-38-21)25(17)16-5-6-16/h7-10,13,15-16,27H,4-6,11-12,14H2,1-3H3,(H,34,38)(H,35,37). The van der Waals surface area contributed by atoms with Crippen LogP contribution in [0.3, 0.4) is 0 Å². The maximum absolute atomic E-state index is 14.0. The molecule has 2 N–H and O–H groups in total. The number of benzene rings is 2. The van der Waals surface area contributed by atoms with Crippen molar-refractivity contribution in [2.45, 2.75) is 50.7 Å². The molecule has 4 heterocycles. The van der Waals surface area contributed by atoms with Crippen LogP contribution >= 0.6 is 0 Å². The first-order chi connectivity index (χ1) is 20.2. The number of alkyl halides is 3. The monoisotopic (exact) mass is 576 g/mol. The number of rotatable bonds is 7. The van der Waals surface area contributed by atoms with Crippen molar-refractivity contribution in [3.63, 3.8) is 0 Å². The van der Waals surface area contributed by atoms with Crippen molar-refractivity contribution in [2.75, 3.05) is 20.2 Å². The Labute approximate surface area is 240 Å². The zero-order valence-corrected chi connectivity index (χ0v) is 23.6. The summed E-state index contributed by atoms with van der Waals surface area (Å²) in [5.41, 5.74) is 5.48. The van der Waals surface area contributed by atoms with Crippen LogP contribution in [0.4, 0.5) is 13.2 Å². The average Bonchev–Trinajstić information content (AvgIpc) is 3.35. The fraction of sp³-hybridized carbons (Fsp3) is 0.400. The molecule has 9 nitrogen and oxygen atoms in total. The lowest BCUT2D eigenvalue weighted by Gasteiger charge is -2.34. The number of aromatic amines is 2. The molecule has 12 heteroatoms. The normalized spacial score (nSPS) is 17.6. The van der Waals surface area contributed by atoms with Gasteiger partial charge in [0.05, 0.1) is 30.1 Å². The smallest absolute Gasteiger partial charge is 0.409 e. The minimum atomic E-state index is -4.42. The minimum Gasteiger partial charge on any atom is -0.496 e. The van der Waals surface area contributed by atoms with E-state index < -0.39 is 12.2 Å². The largest absolute Gasteiger partial charge is 0.496 e. The van der Waals surface area contributed by atoms with Crippen molar-refractivity contribution in [3.05, 3.63) is 64.9 Å². The van der Waals surface area contributed by atoms with Gasteiger partial charge in [0.15, 0.2) is 11.9 Å². The Bertz CT molecular complexity index is 1780. The molecule has 2 aromatic carbocycles. The Morgan fingerprint density at radius 1 is 1.12 bits per heavy atom. The number of imidazole rings is 1. The summed E-state index contributed by atoms with van der Waals surface area (Å²) in [5.74, 6) is 2.76. The number of methoxy groups -OCH3 is 1. The molecule has 2 aliphatic rings. The third-order valence-corrected chi connectivity index (χ3v) is 8.46. The summed E-state index contributed by atoms with van der Waals surface area (Å²) in [6.07, 6.45) is 0.955. The highest BCUT2D eigenvalue weighted by Crippen LogP contribution is 2.45. The maximum Gasteiger partial charge on any atom is 0.409 e. The van der Waals surface area contributed by atoms with Gasteiger partial charge in [-0.15, -0.1) is 0 Å². The molecule has 218 valence electrons. The summed E-state index contributed by atoms with van der Waals surface area (Å²) in [7, 11) is 3.42. The molecule has 0 amide bonds. The molecule has 0 bridgehead atoms. The lowest BCUT2D eigenvalue weighted by Crippen LogP contribution is -2.43. The van der Waals surface area contributed by atoms with Gasteiger partial charge in [0.25, 0.3) is 0 Å². The van der Waals surface area contributed by atoms with E-state index in [2.05, 4.69) is 37.4 Å². The van der Waals surface area contributed by atoms with Gasteiger partial charge in [-0.2, -0.15) is 23.4 Å². The molecule has 1 saturated carbocycles. The summed E-state index contributed by atoms with van der Waals surface area (Å²) >= 11 is 0. The lowest BCUT2D eigenvalue weighted by molar-refractivity contribution is -0.189. The third-order valence-electron chi connectivity index (χ3n) is 8.46. The summed E-state index contributed by atoms with van der Waals surface area (Å²) in [5, 5.41) is 13.2. The maximum atomic E-state index is 14.0. The lowest BCUT2D eigenvalue weighted by atomic mass is 9.96. The number of nitrogens with zero attached hydrogens (tertiary/aromatic N) is 6. The fourth-order valence-electron chi connectivity index (χ4n) is 6.21. The van der Waals surface area contributed by atoms with Crippen LogP contribution in [0.1, 0.15) is 60.1 Å². The van der Waals surface area contributed by atoms with Gasteiger partial charge < -0.3 is 9.72 Å². The van der Waals surface area contributed by atoms with Crippen molar-refractivity contribution >= 4 is 10.9 Å². The average molecular weight is 577 g/mol. The molecule has 42 heavy (non-hydrogen) atoms. The highest BCUT2D eigenvalue weighted by atomic mass is 19.4. The predicted molar refractivity (Wildman–Crippen MR) is 151 cm³/mol. The van der Waals surface area contributed by atoms with Crippen LogP contribution in [0.15, 0.2) is 36.5 Å². The Morgan fingerprint density at radius 3 is 2.69 bits per heavy atom. The molecule has 7 rings (SSSR count). The van der Waals surface area contributed by atoms with Crippen molar-refractivity contribution in [1.82, 2.24) is 39.8 Å². The Morgan fingerprint density at radius 2 is 1.95 bits per heavy atom. The number of fused-ring (bicyclic) bond motifs is 2. The second-order valence-corrected chi connectivity index (χ2v) is 11.1. The number of H-pyrrole nitrogens is 2. The Hall–Kier alpha value is -4.19. The van der Waals surface area contributed by atoms with Crippen molar-refractivity contribution in [1.29, 1.82) is 0 Å². The quantitative estimate of drug-likeness (QED) is 0.258. The predicted octanol–water partition coefficient (Wildman–Crippen LogP) is 5.71. The number of halogens is 3. The number of nitrogens with one attached hydrogen (secondary N) is 2. The van der Waals surface area contributed by atoms with E-state index in [4.69, 9.17) is 9.72 Å². The number of ether oxygens (including phenoxy) is 1. The van der Waals surface area contributed by atoms with Crippen LogP contribution in [-0.2, 0) is 19.9 Å². The second kappa shape index (κ2) is 9.97. The molecule has 0 saturated heterocycles. The molecule has 1 fully saturated rings. The van der Waals surface area contributed by atoms with E-state index in [1.807, 2.05) is 25.4 Å². The second-order valence-electron chi connectivity index (χ2n) is 11.1. The van der Waals surface area contributed by atoms with E-state index in [1.165, 1.54) is 41.4 Å². The van der Waals surface area contributed by atoms with Gasteiger partial charge in [-0.25, -0.2) is 9.97 Å². The molecule has 5 aromatic rings. The summed E-state index contributed by atoms with van der Waals surface area (Å²) in [6.45, 7) is 2.35. The first-order valence-corrected chi connectivity index (χ1v) is 14.2. The molecular formula is C30H31F3N8O. The topological polar surface area (TPSA) is 101 Å². The highest BCUT2D eigenvalue weighted by Gasteiger charge is 2.48. The number of hydrogen-bond donors (Lipinski definition) is 2. The van der Waals surface area contributed by atoms with Gasteiger partial charge >= 0.3 is 6.18 Å². The molecule has 1 aliphatic carbocycles. The fourth-order valence-corrected chi connectivity index (χ4v) is 6.21. The number of hydrogen-bond acceptors (Lipinski definition) is 6. The zero-order chi connectivity index (χ0) is 29.2. The number of aryl methyl sites for hydroxylation is 1. The van der Waals surface area contributed by atoms with E-state index in [1.54, 1.807) is 17.7 Å². The van der Waals surface area contributed by atoms with E-state index in [-0.39, 0.29) is 5.69 Å². The van der Waals surface area contributed by atoms with E-state index in [0.29, 0.717) is 60.5 Å². The van der Waals surface area contributed by atoms with Gasteiger partial charge in [-0.05, 0) is 54.6 Å². The van der Waals surface area contributed by atoms with Gasteiger partial charge in [-0.1, -0.05) is 19.1 Å². The molecule has 0 radical (unpaired) electrons. The van der Waals surface area contributed by atoms with Crippen molar-refractivity contribution in [2.24, 2.45) is 7.05 Å². The van der Waals surface area contributed by atoms with Gasteiger partial charge in [0, 0.05) is 43.1 Å². The van der Waals surface area contributed by atoms with Crippen LogP contribution in [0.2, 0.25) is 0 Å². The number of likely N-dealkylation sites (N-methyl/N-ethyl adjacent to an activating group) is 1. The Kier molecular flexibility index (Phi) is 6.34. The van der Waals surface area contributed by atoms with Crippen molar-refractivity contribution in [3.8, 4) is 28.5 Å². The highest BCUT2D eigenvalue weighted by molar-refractivity contribution is 5.84. The van der Waals surface area contributed by atoms with Crippen LogP contribution < -0.4 is 4.74 Å². The molecule has 1 atom stereocenters. The van der Waals surface area contributed by atoms with E-state index in [0.717, 1.165) is 16.9 Å². The molecule has 3 aromatic heterocycles. The van der Waals surface area contributed by atoms with E-state index in [9.17, 15) is 13.2 Å². The SMILES string of the molecule is CCN1CCc2[nH]c(-c3ccc(-c4nc(Cc5ccc6[nH]ncc6c5C5CC5)n(C)n4)cc3OC)nc2C1C(F)(F)F.